The van der Waals surface area contributed by atoms with Gasteiger partial charge in [-0.05, 0) is 71.8 Å². The minimum Gasteiger partial charge on any atom is -0.497 e. The molecule has 3 rings (SSSR count). The molecule has 0 spiro atoms. The van der Waals surface area contributed by atoms with Gasteiger partial charge in [-0.3, -0.25) is 14.4 Å². The normalized spacial score (nSPS) is 10.4. The standard InChI is InChI=1S/C26H26N4O6/c1-34-21-9-3-18(4-10-21)15-27-25(32)26(33)30-28-16-19-5-11-23(12-6-19)36-17-24(31)29-20-7-13-22(35-2)14-8-20/h3-14,16H,15,17H2,1-2H3,(H,27,32)(H,29,31)(H,30,33)/b28-16-. The summed E-state index contributed by atoms with van der Waals surface area (Å²) in [4.78, 5) is 35.9. The molecule has 0 unspecified atom stereocenters. The monoisotopic (exact) mass is 490 g/mol. The highest BCUT2D eigenvalue weighted by Gasteiger charge is 2.12. The Morgan fingerprint density at radius 2 is 1.36 bits per heavy atom. The molecule has 10 nitrogen and oxygen atoms in total. The van der Waals surface area contributed by atoms with Gasteiger partial charge in [0.1, 0.15) is 17.2 Å². The van der Waals surface area contributed by atoms with Crippen LogP contribution in [0.25, 0.3) is 0 Å². The van der Waals surface area contributed by atoms with Crippen LogP contribution in [-0.2, 0) is 20.9 Å². The molecule has 0 aliphatic rings. The van der Waals surface area contributed by atoms with Crippen molar-refractivity contribution in [3.8, 4) is 17.2 Å². The van der Waals surface area contributed by atoms with Gasteiger partial charge in [-0.15, -0.1) is 0 Å². The quantitative estimate of drug-likeness (QED) is 0.228. The number of anilines is 1. The first-order valence-corrected chi connectivity index (χ1v) is 10.9. The molecule has 0 aliphatic carbocycles. The Morgan fingerprint density at radius 1 is 0.778 bits per heavy atom. The Hall–Kier alpha value is -4.86. The highest BCUT2D eigenvalue weighted by molar-refractivity contribution is 6.35. The number of methoxy groups -OCH3 is 2. The van der Waals surface area contributed by atoms with Crippen LogP contribution in [0.2, 0.25) is 0 Å². The summed E-state index contributed by atoms with van der Waals surface area (Å²) in [7, 11) is 3.13. The predicted molar refractivity (Wildman–Crippen MR) is 134 cm³/mol. The van der Waals surface area contributed by atoms with Crippen molar-refractivity contribution < 1.29 is 28.6 Å². The zero-order valence-corrected chi connectivity index (χ0v) is 19.8. The summed E-state index contributed by atoms with van der Waals surface area (Å²) < 4.78 is 15.6. The van der Waals surface area contributed by atoms with Crippen LogP contribution in [0.5, 0.6) is 17.2 Å². The molecule has 0 atom stereocenters. The third-order valence-corrected chi connectivity index (χ3v) is 4.82. The van der Waals surface area contributed by atoms with Crippen LogP contribution in [0.3, 0.4) is 0 Å². The highest BCUT2D eigenvalue weighted by Crippen LogP contribution is 2.15. The number of carbonyl (C=O) groups is 3. The summed E-state index contributed by atoms with van der Waals surface area (Å²) in [5.41, 5.74) is 4.29. The molecule has 3 aromatic carbocycles. The third kappa shape index (κ3) is 8.17. The summed E-state index contributed by atoms with van der Waals surface area (Å²) in [5, 5.41) is 9.03. The summed E-state index contributed by atoms with van der Waals surface area (Å²) in [6.07, 6.45) is 1.38. The number of hydrogen-bond acceptors (Lipinski definition) is 7. The van der Waals surface area contributed by atoms with Gasteiger partial charge in [0, 0.05) is 12.2 Å². The Labute approximate surface area is 208 Å². The minimum absolute atomic E-state index is 0.166. The maximum Gasteiger partial charge on any atom is 0.329 e. The first kappa shape index (κ1) is 25.8. The van der Waals surface area contributed by atoms with Crippen LogP contribution < -0.4 is 30.3 Å². The lowest BCUT2D eigenvalue weighted by molar-refractivity contribution is -0.139. The Kier molecular flexibility index (Phi) is 9.40. The maximum absolute atomic E-state index is 12.1. The number of nitrogens with zero attached hydrogens (tertiary/aromatic N) is 1. The van der Waals surface area contributed by atoms with Gasteiger partial charge in [0.05, 0.1) is 20.4 Å². The predicted octanol–water partition coefficient (Wildman–Crippen LogP) is 2.49. The third-order valence-electron chi connectivity index (χ3n) is 4.82. The first-order chi connectivity index (χ1) is 17.5. The fraction of sp³-hybridized carbons (Fsp3) is 0.154. The average Bonchev–Trinajstić information content (AvgIpc) is 2.92. The van der Waals surface area contributed by atoms with Gasteiger partial charge in [0.2, 0.25) is 0 Å². The SMILES string of the molecule is COc1ccc(CNC(=O)C(=O)N/N=C\c2ccc(OCC(=O)Nc3ccc(OC)cc3)cc2)cc1. The van der Waals surface area contributed by atoms with E-state index in [1.807, 2.05) is 0 Å². The number of hydrazone groups is 1. The minimum atomic E-state index is -0.886. The number of ether oxygens (including phenoxy) is 3. The summed E-state index contributed by atoms with van der Waals surface area (Å²) >= 11 is 0. The Balaban J connectivity index is 1.38. The van der Waals surface area contributed by atoms with E-state index in [4.69, 9.17) is 14.2 Å². The summed E-state index contributed by atoms with van der Waals surface area (Å²) in [6.45, 7) is 0.0285. The van der Waals surface area contributed by atoms with Crippen LogP contribution in [0.1, 0.15) is 11.1 Å². The molecule has 0 bridgehead atoms. The zero-order valence-electron chi connectivity index (χ0n) is 19.8. The van der Waals surface area contributed by atoms with E-state index in [1.54, 1.807) is 87.0 Å². The molecular formula is C26H26N4O6. The number of carbonyl (C=O) groups excluding carboxylic acids is 3. The second kappa shape index (κ2) is 13.1. The molecule has 10 heteroatoms. The molecule has 0 heterocycles. The van der Waals surface area contributed by atoms with Gasteiger partial charge in [0.15, 0.2) is 6.61 Å². The van der Waals surface area contributed by atoms with Gasteiger partial charge in [-0.1, -0.05) is 12.1 Å². The van der Waals surface area contributed by atoms with E-state index in [0.29, 0.717) is 28.5 Å². The molecule has 3 amide bonds. The first-order valence-electron chi connectivity index (χ1n) is 10.9. The highest BCUT2D eigenvalue weighted by atomic mass is 16.5. The van der Waals surface area contributed by atoms with Gasteiger partial charge < -0.3 is 24.8 Å². The van der Waals surface area contributed by atoms with E-state index in [-0.39, 0.29) is 19.1 Å². The number of benzene rings is 3. The van der Waals surface area contributed by atoms with E-state index < -0.39 is 11.8 Å². The maximum atomic E-state index is 12.1. The molecule has 0 saturated carbocycles. The molecule has 3 aromatic rings. The van der Waals surface area contributed by atoms with Crippen molar-refractivity contribution in [2.45, 2.75) is 6.54 Å². The number of hydrogen-bond donors (Lipinski definition) is 3. The summed E-state index contributed by atoms with van der Waals surface area (Å²) in [6, 6.07) is 20.7. The van der Waals surface area contributed by atoms with Crippen molar-refractivity contribution in [2.75, 3.05) is 26.1 Å². The van der Waals surface area contributed by atoms with Crippen molar-refractivity contribution >= 4 is 29.6 Å². The van der Waals surface area contributed by atoms with E-state index in [9.17, 15) is 14.4 Å². The Bertz CT molecular complexity index is 1190. The second-order valence-electron chi connectivity index (χ2n) is 7.36. The van der Waals surface area contributed by atoms with Crippen molar-refractivity contribution in [1.82, 2.24) is 10.7 Å². The second-order valence-corrected chi connectivity index (χ2v) is 7.36. The van der Waals surface area contributed by atoms with Crippen molar-refractivity contribution in [3.63, 3.8) is 0 Å². The summed E-state index contributed by atoms with van der Waals surface area (Å²) in [5.74, 6) is -0.118. The molecular weight excluding hydrogens is 464 g/mol. The Morgan fingerprint density at radius 3 is 1.97 bits per heavy atom. The number of rotatable bonds is 10. The van der Waals surface area contributed by atoms with Crippen LogP contribution >= 0.6 is 0 Å². The molecule has 3 N–H and O–H groups in total. The number of nitrogens with one attached hydrogen (secondary N) is 3. The van der Waals surface area contributed by atoms with Gasteiger partial charge >= 0.3 is 11.8 Å². The smallest absolute Gasteiger partial charge is 0.329 e. The average molecular weight is 491 g/mol. The number of amides is 3. The van der Waals surface area contributed by atoms with Crippen LogP contribution in [0, 0.1) is 0 Å². The van der Waals surface area contributed by atoms with E-state index in [1.165, 1.54) is 6.21 Å². The van der Waals surface area contributed by atoms with Crippen molar-refractivity contribution in [2.24, 2.45) is 5.10 Å². The van der Waals surface area contributed by atoms with E-state index in [2.05, 4.69) is 21.2 Å². The lowest BCUT2D eigenvalue weighted by atomic mass is 10.2. The molecule has 0 fully saturated rings. The molecule has 36 heavy (non-hydrogen) atoms. The van der Waals surface area contributed by atoms with E-state index in [0.717, 1.165) is 5.56 Å². The van der Waals surface area contributed by atoms with Crippen molar-refractivity contribution in [1.29, 1.82) is 0 Å². The molecule has 0 radical (unpaired) electrons. The van der Waals surface area contributed by atoms with Gasteiger partial charge in [-0.2, -0.15) is 5.10 Å². The fourth-order valence-corrected chi connectivity index (χ4v) is 2.89. The molecule has 0 aromatic heterocycles. The van der Waals surface area contributed by atoms with Gasteiger partial charge in [0.25, 0.3) is 5.91 Å². The lowest BCUT2D eigenvalue weighted by Crippen LogP contribution is -2.37. The van der Waals surface area contributed by atoms with Crippen LogP contribution in [0.4, 0.5) is 5.69 Å². The lowest BCUT2D eigenvalue weighted by Gasteiger charge is -2.08. The van der Waals surface area contributed by atoms with E-state index >= 15 is 0 Å². The van der Waals surface area contributed by atoms with Gasteiger partial charge in [-0.25, -0.2) is 5.43 Å². The van der Waals surface area contributed by atoms with Crippen molar-refractivity contribution in [3.05, 3.63) is 83.9 Å². The molecule has 0 aliphatic heterocycles. The zero-order chi connectivity index (χ0) is 25.8. The fourth-order valence-electron chi connectivity index (χ4n) is 2.89. The molecule has 186 valence electrons. The molecule has 0 saturated heterocycles. The van der Waals surface area contributed by atoms with Crippen LogP contribution in [0.15, 0.2) is 77.9 Å². The topological polar surface area (TPSA) is 127 Å². The largest absolute Gasteiger partial charge is 0.497 e. The van der Waals surface area contributed by atoms with Crippen LogP contribution in [-0.4, -0.2) is 44.8 Å².